The summed E-state index contributed by atoms with van der Waals surface area (Å²) in [6.07, 6.45) is 0. The average Bonchev–Trinajstić information content (AvgIpc) is 2.59. The van der Waals surface area contributed by atoms with E-state index in [1.807, 2.05) is 6.07 Å². The molecule has 5 nitrogen and oxygen atoms in total. The van der Waals surface area contributed by atoms with Crippen LogP contribution in [0.5, 0.6) is 0 Å². The predicted molar refractivity (Wildman–Crippen MR) is 90.0 cm³/mol. The molecule has 0 saturated heterocycles. The zero-order valence-electron chi connectivity index (χ0n) is 12.9. The fraction of sp³-hybridized carbons (Fsp3) is 0.176. The van der Waals surface area contributed by atoms with E-state index in [2.05, 4.69) is 10.6 Å². The van der Waals surface area contributed by atoms with Gasteiger partial charge >= 0.3 is 5.97 Å². The minimum absolute atomic E-state index is 0.229. The van der Waals surface area contributed by atoms with Gasteiger partial charge in [-0.1, -0.05) is 23.7 Å². The van der Waals surface area contributed by atoms with E-state index in [1.165, 1.54) is 7.11 Å². The molecular weight excluding hydrogens is 316 g/mol. The number of anilines is 1. The highest BCUT2D eigenvalue weighted by molar-refractivity contribution is 6.34. The molecule has 6 heteroatoms. The number of methoxy groups -OCH3 is 1. The molecule has 0 bridgehead atoms. The summed E-state index contributed by atoms with van der Waals surface area (Å²) >= 11 is 6.11. The molecule has 0 aliphatic carbocycles. The van der Waals surface area contributed by atoms with E-state index in [-0.39, 0.29) is 11.9 Å². The fourth-order valence-electron chi connectivity index (χ4n) is 2.07. The van der Waals surface area contributed by atoms with Crippen molar-refractivity contribution in [3.8, 4) is 0 Å². The summed E-state index contributed by atoms with van der Waals surface area (Å²) in [5.74, 6) is -0.600. The van der Waals surface area contributed by atoms with Crippen LogP contribution >= 0.6 is 11.6 Å². The van der Waals surface area contributed by atoms with Crippen molar-refractivity contribution in [2.45, 2.75) is 6.54 Å². The lowest BCUT2D eigenvalue weighted by molar-refractivity contribution is 0.0600. The van der Waals surface area contributed by atoms with Crippen LogP contribution in [0.4, 0.5) is 5.69 Å². The van der Waals surface area contributed by atoms with Crippen LogP contribution in [0.1, 0.15) is 26.3 Å². The van der Waals surface area contributed by atoms with Crippen molar-refractivity contribution >= 4 is 29.2 Å². The van der Waals surface area contributed by atoms with Gasteiger partial charge in [-0.05, 0) is 35.9 Å². The zero-order valence-corrected chi connectivity index (χ0v) is 13.6. The van der Waals surface area contributed by atoms with Gasteiger partial charge in [0.2, 0.25) is 0 Å². The number of halogens is 1. The average molecular weight is 333 g/mol. The normalized spacial score (nSPS) is 10.0. The highest BCUT2D eigenvalue weighted by Gasteiger charge is 2.09. The van der Waals surface area contributed by atoms with Gasteiger partial charge in [-0.15, -0.1) is 0 Å². The number of carbonyl (C=O) groups is 2. The fourth-order valence-corrected chi connectivity index (χ4v) is 2.34. The predicted octanol–water partition coefficient (Wildman–Crippen LogP) is 3.10. The Balaban J connectivity index is 2.08. The van der Waals surface area contributed by atoms with E-state index in [4.69, 9.17) is 16.3 Å². The van der Waals surface area contributed by atoms with Gasteiger partial charge < -0.3 is 15.4 Å². The van der Waals surface area contributed by atoms with E-state index >= 15 is 0 Å². The van der Waals surface area contributed by atoms with E-state index < -0.39 is 0 Å². The molecule has 0 radical (unpaired) electrons. The molecule has 0 fully saturated rings. The van der Waals surface area contributed by atoms with Crippen molar-refractivity contribution in [1.29, 1.82) is 0 Å². The van der Waals surface area contributed by atoms with Crippen molar-refractivity contribution in [2.24, 2.45) is 0 Å². The number of amides is 1. The second-order valence-corrected chi connectivity index (χ2v) is 5.23. The molecular formula is C17H17ClN2O3. The number of hydrogen-bond donors (Lipinski definition) is 2. The lowest BCUT2D eigenvalue weighted by Gasteiger charge is -2.10. The highest BCUT2D eigenvalue weighted by Crippen LogP contribution is 2.21. The molecule has 0 atom stereocenters. The van der Waals surface area contributed by atoms with Gasteiger partial charge in [0.1, 0.15) is 0 Å². The molecule has 2 rings (SSSR count). The van der Waals surface area contributed by atoms with E-state index in [0.29, 0.717) is 22.7 Å². The van der Waals surface area contributed by atoms with Gasteiger partial charge in [-0.3, -0.25) is 4.79 Å². The molecule has 1 amide bonds. The summed E-state index contributed by atoms with van der Waals surface area (Å²) in [5, 5.41) is 6.11. The highest BCUT2D eigenvalue weighted by atomic mass is 35.5. The first-order valence-corrected chi connectivity index (χ1v) is 7.35. The minimum Gasteiger partial charge on any atom is -0.465 e. The summed E-state index contributed by atoms with van der Waals surface area (Å²) in [6, 6.07) is 12.3. The van der Waals surface area contributed by atoms with E-state index in [1.54, 1.807) is 43.4 Å². The third-order valence-corrected chi connectivity index (χ3v) is 3.60. The van der Waals surface area contributed by atoms with Gasteiger partial charge in [0.05, 0.1) is 23.3 Å². The van der Waals surface area contributed by atoms with Crippen molar-refractivity contribution in [3.05, 3.63) is 64.2 Å². The van der Waals surface area contributed by atoms with Crippen LogP contribution in [-0.2, 0) is 11.3 Å². The van der Waals surface area contributed by atoms with Crippen molar-refractivity contribution in [2.75, 3.05) is 19.5 Å². The summed E-state index contributed by atoms with van der Waals surface area (Å²) in [4.78, 5) is 23.1. The standard InChI is InChI=1S/C17H17ClN2O3/c1-19-16(21)14-7-6-13(9-15(14)18)20-10-11-4-3-5-12(8-11)17(22)23-2/h3-9,20H,10H2,1-2H3,(H,19,21). The molecule has 120 valence electrons. The number of carbonyl (C=O) groups excluding carboxylic acids is 2. The summed E-state index contributed by atoms with van der Waals surface area (Å²) in [7, 11) is 2.91. The Morgan fingerprint density at radius 3 is 2.61 bits per heavy atom. The third kappa shape index (κ3) is 4.23. The van der Waals surface area contributed by atoms with Gasteiger partial charge in [0, 0.05) is 19.3 Å². The molecule has 0 aliphatic rings. The Bertz CT molecular complexity index is 732. The molecule has 2 aromatic rings. The molecule has 2 N–H and O–H groups in total. The number of hydrogen-bond acceptors (Lipinski definition) is 4. The van der Waals surface area contributed by atoms with Crippen LogP contribution in [0.15, 0.2) is 42.5 Å². The second-order valence-electron chi connectivity index (χ2n) is 4.82. The zero-order chi connectivity index (χ0) is 16.8. The largest absolute Gasteiger partial charge is 0.465 e. The lowest BCUT2D eigenvalue weighted by Crippen LogP contribution is -2.18. The monoisotopic (exact) mass is 332 g/mol. The summed E-state index contributed by atoms with van der Waals surface area (Å²) in [5.41, 5.74) is 2.64. The Labute approximate surface area is 139 Å². The maximum absolute atomic E-state index is 11.6. The first-order valence-electron chi connectivity index (χ1n) is 6.98. The molecule has 0 saturated carbocycles. The maximum Gasteiger partial charge on any atom is 0.337 e. The van der Waals surface area contributed by atoms with Crippen LogP contribution in [-0.4, -0.2) is 26.0 Å². The first kappa shape index (κ1) is 16.8. The summed E-state index contributed by atoms with van der Waals surface area (Å²) in [6.45, 7) is 0.514. The molecule has 0 spiro atoms. The summed E-state index contributed by atoms with van der Waals surface area (Å²) < 4.78 is 4.70. The molecule has 0 heterocycles. The van der Waals surface area contributed by atoms with Crippen LogP contribution in [0.25, 0.3) is 0 Å². The number of rotatable bonds is 5. The Hall–Kier alpha value is -2.53. The third-order valence-electron chi connectivity index (χ3n) is 3.29. The van der Waals surface area contributed by atoms with Crippen molar-refractivity contribution < 1.29 is 14.3 Å². The topological polar surface area (TPSA) is 67.4 Å². The minimum atomic E-state index is -0.371. The molecule has 2 aromatic carbocycles. The number of esters is 1. The van der Waals surface area contributed by atoms with E-state index in [9.17, 15) is 9.59 Å². The van der Waals surface area contributed by atoms with Crippen LogP contribution < -0.4 is 10.6 Å². The molecule has 0 aliphatic heterocycles. The Morgan fingerprint density at radius 1 is 1.17 bits per heavy atom. The molecule has 0 unspecified atom stereocenters. The van der Waals surface area contributed by atoms with Crippen molar-refractivity contribution in [3.63, 3.8) is 0 Å². The maximum atomic E-state index is 11.6. The lowest BCUT2D eigenvalue weighted by atomic mass is 10.1. The SMILES string of the molecule is CNC(=O)c1ccc(NCc2cccc(C(=O)OC)c2)cc1Cl. The van der Waals surface area contributed by atoms with Crippen LogP contribution in [0.2, 0.25) is 5.02 Å². The van der Waals surface area contributed by atoms with Crippen LogP contribution in [0, 0.1) is 0 Å². The molecule has 23 heavy (non-hydrogen) atoms. The Morgan fingerprint density at radius 2 is 1.96 bits per heavy atom. The second kappa shape index (κ2) is 7.65. The van der Waals surface area contributed by atoms with E-state index in [0.717, 1.165) is 11.3 Å². The first-order chi connectivity index (χ1) is 11.0. The van der Waals surface area contributed by atoms with Gasteiger partial charge in [-0.25, -0.2) is 4.79 Å². The molecule has 0 aromatic heterocycles. The number of nitrogens with one attached hydrogen (secondary N) is 2. The van der Waals surface area contributed by atoms with Gasteiger partial charge in [0.25, 0.3) is 5.91 Å². The quantitative estimate of drug-likeness (QED) is 0.826. The van der Waals surface area contributed by atoms with Crippen molar-refractivity contribution in [1.82, 2.24) is 5.32 Å². The van der Waals surface area contributed by atoms with Gasteiger partial charge in [-0.2, -0.15) is 0 Å². The number of ether oxygens (including phenoxy) is 1. The van der Waals surface area contributed by atoms with Crippen LogP contribution in [0.3, 0.4) is 0 Å². The van der Waals surface area contributed by atoms with Gasteiger partial charge in [0.15, 0.2) is 0 Å². The smallest absolute Gasteiger partial charge is 0.337 e. The Kier molecular flexibility index (Phi) is 5.60. The number of benzene rings is 2.